The van der Waals surface area contributed by atoms with Gasteiger partial charge in [0.2, 0.25) is 0 Å². The summed E-state index contributed by atoms with van der Waals surface area (Å²) >= 11 is 1.78. The first-order valence-electron chi connectivity index (χ1n) is 4.37. The maximum Gasteiger partial charge on any atom is 0.120 e. The summed E-state index contributed by atoms with van der Waals surface area (Å²) in [6.07, 6.45) is 3.65. The maximum atomic E-state index is 4.17. The molecule has 0 radical (unpaired) electrons. The highest BCUT2D eigenvalue weighted by Gasteiger charge is 2.27. The third-order valence-corrected chi connectivity index (χ3v) is 3.14. The van der Waals surface area contributed by atoms with Crippen LogP contribution in [0.2, 0.25) is 0 Å². The van der Waals surface area contributed by atoms with Crippen LogP contribution in [-0.4, -0.2) is 23.8 Å². The molecule has 0 spiro atoms. The fourth-order valence-corrected chi connectivity index (χ4v) is 2.11. The molecule has 2 rings (SSSR count). The van der Waals surface area contributed by atoms with Crippen LogP contribution in [-0.2, 0) is 6.42 Å². The van der Waals surface area contributed by atoms with Gasteiger partial charge in [0.25, 0.3) is 0 Å². The highest BCUT2D eigenvalue weighted by molar-refractivity contribution is 7.11. The van der Waals surface area contributed by atoms with Gasteiger partial charge in [-0.25, -0.2) is 0 Å². The summed E-state index contributed by atoms with van der Waals surface area (Å²) in [6.45, 7) is 0.999. The molecule has 1 aliphatic carbocycles. The van der Waals surface area contributed by atoms with Crippen LogP contribution in [0.25, 0.3) is 0 Å². The third kappa shape index (κ3) is 1.81. The topological polar surface area (TPSA) is 37.8 Å². The van der Waals surface area contributed by atoms with Crippen LogP contribution in [0.15, 0.2) is 0 Å². The van der Waals surface area contributed by atoms with Crippen molar-refractivity contribution in [3.8, 4) is 0 Å². The zero-order chi connectivity index (χ0) is 8.39. The predicted octanol–water partition coefficient (Wildman–Crippen LogP) is 1.18. The number of rotatable bonds is 4. The zero-order valence-corrected chi connectivity index (χ0v) is 8.02. The van der Waals surface area contributed by atoms with Crippen LogP contribution >= 0.6 is 11.3 Å². The third-order valence-electron chi connectivity index (χ3n) is 2.00. The molecular formula is C8H13N3S. The minimum Gasteiger partial charge on any atom is -0.319 e. The molecule has 1 N–H and O–H groups in total. The molecule has 0 amide bonds. The van der Waals surface area contributed by atoms with Gasteiger partial charge in [0, 0.05) is 18.9 Å². The SMILES string of the molecule is CNCCc1nnc(C2CC2)s1. The van der Waals surface area contributed by atoms with Crippen LogP contribution in [0.1, 0.15) is 28.8 Å². The number of hydrogen-bond acceptors (Lipinski definition) is 4. The van der Waals surface area contributed by atoms with E-state index in [2.05, 4.69) is 15.5 Å². The number of likely N-dealkylation sites (N-methyl/N-ethyl adjacent to an activating group) is 1. The zero-order valence-electron chi connectivity index (χ0n) is 7.21. The van der Waals surface area contributed by atoms with Crippen molar-refractivity contribution in [1.82, 2.24) is 15.5 Å². The Labute approximate surface area is 76.2 Å². The van der Waals surface area contributed by atoms with E-state index in [4.69, 9.17) is 0 Å². The summed E-state index contributed by atoms with van der Waals surface area (Å²) in [6, 6.07) is 0. The van der Waals surface area contributed by atoms with Gasteiger partial charge in [0.15, 0.2) is 0 Å². The Hall–Kier alpha value is -0.480. The fourth-order valence-electron chi connectivity index (χ4n) is 1.09. The second kappa shape index (κ2) is 3.49. The molecule has 0 aromatic carbocycles. The van der Waals surface area contributed by atoms with E-state index in [-0.39, 0.29) is 0 Å². The summed E-state index contributed by atoms with van der Waals surface area (Å²) in [5.74, 6) is 0.755. The van der Waals surface area contributed by atoms with E-state index < -0.39 is 0 Å². The molecule has 4 heteroatoms. The Balaban J connectivity index is 1.93. The first-order chi connectivity index (χ1) is 5.90. The molecule has 0 aliphatic heterocycles. The molecule has 0 saturated heterocycles. The molecule has 0 unspecified atom stereocenters. The predicted molar refractivity (Wildman–Crippen MR) is 49.5 cm³/mol. The molecule has 1 saturated carbocycles. The van der Waals surface area contributed by atoms with Gasteiger partial charge in [-0.1, -0.05) is 0 Å². The first-order valence-corrected chi connectivity index (χ1v) is 5.18. The van der Waals surface area contributed by atoms with Crippen molar-refractivity contribution in [3.05, 3.63) is 10.0 Å². The summed E-state index contributed by atoms with van der Waals surface area (Å²) in [5.41, 5.74) is 0. The molecule has 1 fully saturated rings. The van der Waals surface area contributed by atoms with E-state index >= 15 is 0 Å². The lowest BCUT2D eigenvalue weighted by atomic mass is 10.4. The van der Waals surface area contributed by atoms with Gasteiger partial charge in [0.1, 0.15) is 10.0 Å². The Morgan fingerprint density at radius 2 is 2.33 bits per heavy atom. The molecule has 1 aliphatic rings. The van der Waals surface area contributed by atoms with Crippen molar-refractivity contribution in [2.45, 2.75) is 25.2 Å². The second-order valence-electron chi connectivity index (χ2n) is 3.16. The van der Waals surface area contributed by atoms with Crippen LogP contribution in [0, 0.1) is 0 Å². The van der Waals surface area contributed by atoms with E-state index in [9.17, 15) is 0 Å². The Bertz CT molecular complexity index is 255. The summed E-state index contributed by atoms with van der Waals surface area (Å²) < 4.78 is 0. The molecule has 66 valence electrons. The smallest absolute Gasteiger partial charge is 0.120 e. The molecular weight excluding hydrogens is 170 g/mol. The van der Waals surface area contributed by atoms with E-state index in [1.165, 1.54) is 22.9 Å². The van der Waals surface area contributed by atoms with E-state index in [1.54, 1.807) is 11.3 Å². The fraction of sp³-hybridized carbons (Fsp3) is 0.750. The van der Waals surface area contributed by atoms with Crippen molar-refractivity contribution in [3.63, 3.8) is 0 Å². The highest BCUT2D eigenvalue weighted by Crippen LogP contribution is 2.41. The van der Waals surface area contributed by atoms with Gasteiger partial charge < -0.3 is 5.32 Å². The average molecular weight is 183 g/mol. The molecule has 12 heavy (non-hydrogen) atoms. The monoisotopic (exact) mass is 183 g/mol. The van der Waals surface area contributed by atoms with Gasteiger partial charge >= 0.3 is 0 Å². The van der Waals surface area contributed by atoms with Gasteiger partial charge in [-0.3, -0.25) is 0 Å². The first kappa shape index (κ1) is 8.13. The van der Waals surface area contributed by atoms with Crippen molar-refractivity contribution in [2.75, 3.05) is 13.6 Å². The van der Waals surface area contributed by atoms with Gasteiger partial charge in [-0.05, 0) is 19.9 Å². The van der Waals surface area contributed by atoms with Gasteiger partial charge in [0.05, 0.1) is 0 Å². The molecule has 1 heterocycles. The Morgan fingerprint density at radius 1 is 1.50 bits per heavy atom. The molecule has 1 aromatic rings. The van der Waals surface area contributed by atoms with Crippen molar-refractivity contribution in [1.29, 1.82) is 0 Å². The summed E-state index contributed by atoms with van der Waals surface area (Å²) in [4.78, 5) is 0. The molecule has 0 bridgehead atoms. The Kier molecular flexibility index (Phi) is 2.37. The average Bonchev–Trinajstić information content (AvgIpc) is 2.83. The minimum atomic E-state index is 0.755. The van der Waals surface area contributed by atoms with Crippen molar-refractivity contribution < 1.29 is 0 Å². The minimum absolute atomic E-state index is 0.755. The normalized spacial score (nSPS) is 16.8. The highest BCUT2D eigenvalue weighted by atomic mass is 32.1. The lowest BCUT2D eigenvalue weighted by Gasteiger charge is -1.91. The Morgan fingerprint density at radius 3 is 3.00 bits per heavy atom. The number of nitrogens with one attached hydrogen (secondary N) is 1. The molecule has 1 aromatic heterocycles. The standard InChI is InChI=1S/C8H13N3S/c1-9-5-4-7-10-11-8(12-7)6-2-3-6/h6,9H,2-5H2,1H3. The van der Waals surface area contributed by atoms with Gasteiger partial charge in [-0.15, -0.1) is 21.5 Å². The quantitative estimate of drug-likeness (QED) is 0.761. The van der Waals surface area contributed by atoms with E-state index in [0.29, 0.717) is 0 Å². The van der Waals surface area contributed by atoms with Crippen LogP contribution in [0.3, 0.4) is 0 Å². The maximum absolute atomic E-state index is 4.17. The molecule has 3 nitrogen and oxygen atoms in total. The number of hydrogen-bond donors (Lipinski definition) is 1. The molecule has 0 atom stereocenters. The lowest BCUT2D eigenvalue weighted by molar-refractivity contribution is 0.777. The van der Waals surface area contributed by atoms with Crippen LogP contribution in [0.5, 0.6) is 0 Å². The van der Waals surface area contributed by atoms with Gasteiger partial charge in [-0.2, -0.15) is 0 Å². The lowest BCUT2D eigenvalue weighted by Crippen LogP contribution is -2.09. The van der Waals surface area contributed by atoms with E-state index in [1.807, 2.05) is 7.05 Å². The van der Waals surface area contributed by atoms with E-state index in [0.717, 1.165) is 18.9 Å². The van der Waals surface area contributed by atoms with Crippen LogP contribution in [0.4, 0.5) is 0 Å². The van der Waals surface area contributed by atoms with Crippen LogP contribution < -0.4 is 5.32 Å². The number of aromatic nitrogens is 2. The summed E-state index contributed by atoms with van der Waals surface area (Å²) in [7, 11) is 1.96. The van der Waals surface area contributed by atoms with Crippen molar-refractivity contribution >= 4 is 11.3 Å². The largest absolute Gasteiger partial charge is 0.319 e. The number of nitrogens with zero attached hydrogens (tertiary/aromatic N) is 2. The van der Waals surface area contributed by atoms with Crippen molar-refractivity contribution in [2.24, 2.45) is 0 Å². The second-order valence-corrected chi connectivity index (χ2v) is 4.26. The summed E-state index contributed by atoms with van der Waals surface area (Å²) in [5, 5.41) is 13.8.